The molecule has 2 aliphatic rings. The van der Waals surface area contributed by atoms with E-state index in [1.54, 1.807) is 0 Å². The van der Waals surface area contributed by atoms with Crippen molar-refractivity contribution in [3.63, 3.8) is 0 Å². The highest BCUT2D eigenvalue weighted by atomic mass is 16.5. The van der Waals surface area contributed by atoms with Crippen LogP contribution in [-0.4, -0.2) is 34.5 Å². The summed E-state index contributed by atoms with van der Waals surface area (Å²) in [5.41, 5.74) is -0.753. The summed E-state index contributed by atoms with van der Waals surface area (Å²) in [5, 5.41) is 13.6. The average Bonchev–Trinajstić information content (AvgIpc) is 2.71. The van der Waals surface area contributed by atoms with E-state index in [0.29, 0.717) is 6.04 Å². The van der Waals surface area contributed by atoms with Gasteiger partial charge in [0.1, 0.15) is 0 Å². The van der Waals surface area contributed by atoms with Crippen LogP contribution in [0.2, 0.25) is 0 Å². The lowest BCUT2D eigenvalue weighted by Crippen LogP contribution is -2.62. The number of hydrogen-bond donors (Lipinski definition) is 2. The van der Waals surface area contributed by atoms with Gasteiger partial charge in [0.05, 0.1) is 23.3 Å². The summed E-state index contributed by atoms with van der Waals surface area (Å²) in [6.45, 7) is 8.57. The van der Waals surface area contributed by atoms with Gasteiger partial charge in [-0.25, -0.2) is 0 Å². The van der Waals surface area contributed by atoms with Crippen LogP contribution in [0.4, 0.5) is 0 Å². The van der Waals surface area contributed by atoms with Gasteiger partial charge in [0.15, 0.2) is 0 Å². The van der Waals surface area contributed by atoms with Crippen LogP contribution in [-0.2, 0) is 4.74 Å². The van der Waals surface area contributed by atoms with Gasteiger partial charge < -0.3 is 15.2 Å². The first kappa shape index (κ1) is 13.3. The van der Waals surface area contributed by atoms with Gasteiger partial charge in [0, 0.05) is 6.04 Å². The molecular weight excluding hydrogens is 214 g/mol. The van der Waals surface area contributed by atoms with Crippen molar-refractivity contribution in [2.24, 2.45) is 0 Å². The molecule has 1 aliphatic heterocycles. The summed E-state index contributed by atoms with van der Waals surface area (Å²) in [4.78, 5) is 0. The van der Waals surface area contributed by atoms with E-state index in [1.807, 2.05) is 0 Å². The molecule has 1 heterocycles. The maximum absolute atomic E-state index is 9.90. The third kappa shape index (κ3) is 2.38. The number of aliphatic hydroxyl groups is 1. The monoisotopic (exact) mass is 241 g/mol. The molecule has 2 fully saturated rings. The zero-order valence-electron chi connectivity index (χ0n) is 11.7. The van der Waals surface area contributed by atoms with E-state index in [2.05, 4.69) is 33.0 Å². The number of ether oxygens (including phenoxy) is 1. The first-order chi connectivity index (χ1) is 7.80. The SMILES string of the molecule is CC1(C)CC(CO)(NC2CCCC2)C(C)(C)O1. The number of hydrogen-bond acceptors (Lipinski definition) is 3. The largest absolute Gasteiger partial charge is 0.394 e. The minimum Gasteiger partial charge on any atom is -0.394 e. The minimum atomic E-state index is -0.312. The number of nitrogens with one attached hydrogen (secondary N) is 1. The van der Waals surface area contributed by atoms with Crippen LogP contribution in [0, 0.1) is 0 Å². The highest BCUT2D eigenvalue weighted by molar-refractivity contribution is 5.12. The van der Waals surface area contributed by atoms with Gasteiger partial charge in [-0.05, 0) is 47.0 Å². The first-order valence-electron chi connectivity index (χ1n) is 6.89. The summed E-state index contributed by atoms with van der Waals surface area (Å²) >= 11 is 0. The van der Waals surface area contributed by atoms with Crippen molar-refractivity contribution in [1.29, 1.82) is 0 Å². The zero-order valence-corrected chi connectivity index (χ0v) is 11.7. The number of aliphatic hydroxyl groups excluding tert-OH is 1. The molecule has 17 heavy (non-hydrogen) atoms. The molecule has 3 nitrogen and oxygen atoms in total. The van der Waals surface area contributed by atoms with Crippen molar-refractivity contribution >= 4 is 0 Å². The van der Waals surface area contributed by atoms with Crippen molar-refractivity contribution in [3.05, 3.63) is 0 Å². The summed E-state index contributed by atoms with van der Waals surface area (Å²) in [6, 6.07) is 0.555. The van der Waals surface area contributed by atoms with Gasteiger partial charge in [0.2, 0.25) is 0 Å². The van der Waals surface area contributed by atoms with Crippen LogP contribution in [0.1, 0.15) is 59.8 Å². The Morgan fingerprint density at radius 1 is 1.18 bits per heavy atom. The summed E-state index contributed by atoms with van der Waals surface area (Å²) in [7, 11) is 0. The second kappa shape index (κ2) is 4.22. The first-order valence-corrected chi connectivity index (χ1v) is 6.89. The molecule has 2 N–H and O–H groups in total. The highest BCUT2D eigenvalue weighted by Gasteiger charge is 2.57. The fourth-order valence-corrected chi connectivity index (χ4v) is 3.74. The lowest BCUT2D eigenvalue weighted by atomic mass is 9.79. The van der Waals surface area contributed by atoms with E-state index < -0.39 is 0 Å². The minimum absolute atomic E-state index is 0.153. The average molecular weight is 241 g/mol. The molecule has 1 saturated carbocycles. The molecule has 1 aliphatic carbocycles. The Morgan fingerprint density at radius 2 is 1.76 bits per heavy atom. The van der Waals surface area contributed by atoms with Crippen molar-refractivity contribution in [1.82, 2.24) is 5.32 Å². The van der Waals surface area contributed by atoms with Gasteiger partial charge >= 0.3 is 0 Å². The summed E-state index contributed by atoms with van der Waals surface area (Å²) < 4.78 is 6.13. The Balaban J connectivity index is 2.17. The van der Waals surface area contributed by atoms with Gasteiger partial charge in [-0.15, -0.1) is 0 Å². The van der Waals surface area contributed by atoms with Crippen LogP contribution in [0.25, 0.3) is 0 Å². The van der Waals surface area contributed by atoms with E-state index in [-0.39, 0.29) is 23.3 Å². The summed E-state index contributed by atoms with van der Waals surface area (Å²) in [5.74, 6) is 0. The molecule has 1 saturated heterocycles. The van der Waals surface area contributed by atoms with Crippen LogP contribution >= 0.6 is 0 Å². The molecule has 0 aromatic carbocycles. The normalized spacial score (nSPS) is 36.5. The predicted octanol–water partition coefficient (Wildman–Crippen LogP) is 2.23. The molecule has 1 atom stereocenters. The zero-order chi connectivity index (χ0) is 12.7. The lowest BCUT2D eigenvalue weighted by Gasteiger charge is -2.41. The van der Waals surface area contributed by atoms with Gasteiger partial charge in [-0.1, -0.05) is 12.8 Å². The quantitative estimate of drug-likeness (QED) is 0.796. The van der Waals surface area contributed by atoms with Crippen LogP contribution in [0.5, 0.6) is 0 Å². The standard InChI is InChI=1S/C14H27NO2/c1-12(2)9-14(10-16,13(3,4)17-12)15-11-7-5-6-8-11/h11,15-16H,5-10H2,1-4H3. The Bertz CT molecular complexity index is 282. The second-order valence-electron chi connectivity index (χ2n) is 6.91. The fourth-order valence-electron chi connectivity index (χ4n) is 3.74. The van der Waals surface area contributed by atoms with E-state index >= 15 is 0 Å². The Labute approximate surface area is 105 Å². The van der Waals surface area contributed by atoms with Crippen molar-refractivity contribution < 1.29 is 9.84 Å². The summed E-state index contributed by atoms with van der Waals surface area (Å²) in [6.07, 6.45) is 5.96. The van der Waals surface area contributed by atoms with E-state index in [9.17, 15) is 5.11 Å². The third-order valence-corrected chi connectivity index (χ3v) is 4.52. The second-order valence-corrected chi connectivity index (χ2v) is 6.91. The van der Waals surface area contributed by atoms with Crippen molar-refractivity contribution in [2.45, 2.75) is 82.6 Å². The Kier molecular flexibility index (Phi) is 3.30. The molecule has 0 amide bonds. The fraction of sp³-hybridized carbons (Fsp3) is 1.00. The molecule has 3 heteroatoms. The molecular formula is C14H27NO2. The van der Waals surface area contributed by atoms with E-state index in [0.717, 1.165) is 6.42 Å². The van der Waals surface area contributed by atoms with Gasteiger partial charge in [-0.3, -0.25) is 0 Å². The molecule has 0 bridgehead atoms. The van der Waals surface area contributed by atoms with Gasteiger partial charge in [-0.2, -0.15) is 0 Å². The van der Waals surface area contributed by atoms with Crippen molar-refractivity contribution in [3.8, 4) is 0 Å². The molecule has 0 radical (unpaired) electrons. The maximum atomic E-state index is 9.90. The Morgan fingerprint density at radius 3 is 2.18 bits per heavy atom. The molecule has 0 aromatic heterocycles. The third-order valence-electron chi connectivity index (χ3n) is 4.52. The smallest absolute Gasteiger partial charge is 0.0838 e. The molecule has 0 spiro atoms. The lowest BCUT2D eigenvalue weighted by molar-refractivity contribution is -0.0911. The molecule has 2 rings (SSSR count). The van der Waals surface area contributed by atoms with E-state index in [1.165, 1.54) is 25.7 Å². The molecule has 1 unspecified atom stereocenters. The topological polar surface area (TPSA) is 41.5 Å². The van der Waals surface area contributed by atoms with Crippen LogP contribution < -0.4 is 5.32 Å². The Hall–Kier alpha value is -0.120. The maximum Gasteiger partial charge on any atom is 0.0838 e. The number of rotatable bonds is 3. The van der Waals surface area contributed by atoms with Crippen LogP contribution in [0.15, 0.2) is 0 Å². The predicted molar refractivity (Wildman–Crippen MR) is 69.1 cm³/mol. The van der Waals surface area contributed by atoms with Crippen molar-refractivity contribution in [2.75, 3.05) is 6.61 Å². The van der Waals surface area contributed by atoms with Gasteiger partial charge in [0.25, 0.3) is 0 Å². The molecule has 0 aromatic rings. The van der Waals surface area contributed by atoms with Crippen LogP contribution in [0.3, 0.4) is 0 Å². The molecule has 100 valence electrons. The van der Waals surface area contributed by atoms with E-state index in [4.69, 9.17) is 4.74 Å². The highest BCUT2D eigenvalue weighted by Crippen LogP contribution is 2.45.